The zero-order valence-electron chi connectivity index (χ0n) is 11.8. The van der Waals surface area contributed by atoms with Crippen LogP contribution in [0.5, 0.6) is 0 Å². The van der Waals surface area contributed by atoms with Gasteiger partial charge in [-0.2, -0.15) is 0 Å². The third-order valence-corrected chi connectivity index (χ3v) is 4.63. The van der Waals surface area contributed by atoms with Crippen molar-refractivity contribution in [3.05, 3.63) is 53.1 Å². The first-order valence-electron chi connectivity index (χ1n) is 6.26. The van der Waals surface area contributed by atoms with Gasteiger partial charge in [0.05, 0.1) is 10.6 Å². The van der Waals surface area contributed by atoms with Gasteiger partial charge in [0.25, 0.3) is 10.0 Å². The van der Waals surface area contributed by atoms with E-state index in [1.165, 1.54) is 6.07 Å². The molecule has 0 unspecified atom stereocenters. The molecule has 0 radical (unpaired) electrons. The predicted octanol–water partition coefficient (Wildman–Crippen LogP) is 2.99. The van der Waals surface area contributed by atoms with Gasteiger partial charge in [-0.1, -0.05) is 24.3 Å². The van der Waals surface area contributed by atoms with Crippen molar-refractivity contribution in [1.29, 1.82) is 0 Å². The Labute approximate surface area is 119 Å². The summed E-state index contributed by atoms with van der Waals surface area (Å²) in [6.07, 6.45) is 0. The molecule has 0 fully saturated rings. The molecule has 0 saturated carbocycles. The quantitative estimate of drug-likeness (QED) is 0.854. The maximum atomic E-state index is 12.4. The van der Waals surface area contributed by atoms with Gasteiger partial charge in [-0.05, 0) is 49.6 Å². The van der Waals surface area contributed by atoms with E-state index in [-0.39, 0.29) is 4.90 Å². The number of nitrogen functional groups attached to an aromatic ring is 1. The number of nitrogens with one attached hydrogen (secondary N) is 1. The van der Waals surface area contributed by atoms with Crippen LogP contribution in [0.25, 0.3) is 0 Å². The smallest absolute Gasteiger partial charge is 0.261 e. The van der Waals surface area contributed by atoms with Crippen LogP contribution in [0.1, 0.15) is 16.7 Å². The summed E-state index contributed by atoms with van der Waals surface area (Å²) in [4.78, 5) is 0.170. The van der Waals surface area contributed by atoms with Gasteiger partial charge in [0.2, 0.25) is 0 Å². The highest BCUT2D eigenvalue weighted by Crippen LogP contribution is 2.24. The van der Waals surface area contributed by atoms with E-state index >= 15 is 0 Å². The van der Waals surface area contributed by atoms with Gasteiger partial charge < -0.3 is 5.73 Å². The number of hydrogen-bond donors (Lipinski definition) is 2. The minimum absolute atomic E-state index is 0.170. The summed E-state index contributed by atoms with van der Waals surface area (Å²) in [5.41, 5.74) is 9.49. The number of para-hydroxylation sites is 1. The van der Waals surface area contributed by atoms with E-state index in [0.29, 0.717) is 11.4 Å². The maximum absolute atomic E-state index is 12.4. The van der Waals surface area contributed by atoms with Crippen LogP contribution in [-0.2, 0) is 10.0 Å². The van der Waals surface area contributed by atoms with Crippen LogP contribution in [0.3, 0.4) is 0 Å². The van der Waals surface area contributed by atoms with Crippen molar-refractivity contribution in [3.63, 3.8) is 0 Å². The molecule has 0 aromatic heterocycles. The molecule has 0 saturated heterocycles. The third kappa shape index (κ3) is 2.77. The van der Waals surface area contributed by atoms with Gasteiger partial charge in [0.1, 0.15) is 0 Å². The van der Waals surface area contributed by atoms with Crippen LogP contribution in [0.2, 0.25) is 0 Å². The second kappa shape index (κ2) is 5.17. The number of nitrogens with two attached hydrogens (primary N) is 1. The second-order valence-electron chi connectivity index (χ2n) is 4.89. The molecule has 0 aliphatic rings. The van der Waals surface area contributed by atoms with Gasteiger partial charge in [-0.15, -0.1) is 0 Å². The van der Waals surface area contributed by atoms with Crippen LogP contribution in [0.4, 0.5) is 11.4 Å². The zero-order valence-corrected chi connectivity index (χ0v) is 12.6. The lowest BCUT2D eigenvalue weighted by atomic mass is 10.1. The molecule has 0 atom stereocenters. The Morgan fingerprint density at radius 1 is 0.950 bits per heavy atom. The Hall–Kier alpha value is -2.01. The van der Waals surface area contributed by atoms with Gasteiger partial charge in [0, 0.05) is 5.69 Å². The Kier molecular flexibility index (Phi) is 3.72. The number of anilines is 2. The van der Waals surface area contributed by atoms with Gasteiger partial charge in [-0.25, -0.2) is 8.42 Å². The van der Waals surface area contributed by atoms with Crippen molar-refractivity contribution in [2.45, 2.75) is 25.7 Å². The lowest BCUT2D eigenvalue weighted by Crippen LogP contribution is -2.15. The average Bonchev–Trinajstić information content (AvgIpc) is 2.37. The van der Waals surface area contributed by atoms with Crippen molar-refractivity contribution in [2.75, 3.05) is 10.5 Å². The van der Waals surface area contributed by atoms with Gasteiger partial charge >= 0.3 is 0 Å². The highest BCUT2D eigenvalue weighted by molar-refractivity contribution is 7.92. The van der Waals surface area contributed by atoms with Crippen molar-refractivity contribution < 1.29 is 8.42 Å². The topological polar surface area (TPSA) is 72.2 Å². The fourth-order valence-electron chi connectivity index (χ4n) is 1.95. The summed E-state index contributed by atoms with van der Waals surface area (Å²) in [5, 5.41) is 0. The summed E-state index contributed by atoms with van der Waals surface area (Å²) in [5.74, 6) is 0. The molecule has 106 valence electrons. The van der Waals surface area contributed by atoms with E-state index in [1.54, 1.807) is 12.1 Å². The monoisotopic (exact) mass is 290 g/mol. The highest BCUT2D eigenvalue weighted by Gasteiger charge is 2.17. The first kappa shape index (κ1) is 14.4. The molecule has 0 bridgehead atoms. The minimum Gasteiger partial charge on any atom is -0.398 e. The molecule has 2 aromatic rings. The van der Waals surface area contributed by atoms with E-state index in [2.05, 4.69) is 4.72 Å². The van der Waals surface area contributed by atoms with E-state index in [9.17, 15) is 8.42 Å². The third-order valence-electron chi connectivity index (χ3n) is 3.28. The lowest BCUT2D eigenvalue weighted by Gasteiger charge is -2.13. The molecule has 3 N–H and O–H groups in total. The van der Waals surface area contributed by atoms with Crippen molar-refractivity contribution in [3.8, 4) is 0 Å². The normalized spacial score (nSPS) is 11.3. The maximum Gasteiger partial charge on any atom is 0.261 e. The molecule has 0 aliphatic carbocycles. The Bertz CT molecular complexity index is 732. The molecule has 20 heavy (non-hydrogen) atoms. The number of sulfonamides is 1. The number of rotatable bonds is 3. The summed E-state index contributed by atoms with van der Waals surface area (Å²) < 4.78 is 27.4. The van der Waals surface area contributed by atoms with Gasteiger partial charge in [0.15, 0.2) is 0 Å². The summed E-state index contributed by atoms with van der Waals surface area (Å²) in [6.45, 7) is 5.58. The molecule has 2 aromatic carbocycles. The van der Waals surface area contributed by atoms with Crippen LogP contribution in [0, 0.1) is 20.8 Å². The van der Waals surface area contributed by atoms with E-state index in [1.807, 2.05) is 39.0 Å². The first-order valence-corrected chi connectivity index (χ1v) is 7.75. The molecular weight excluding hydrogens is 272 g/mol. The molecule has 0 spiro atoms. The standard InChI is InChI=1S/C15H18N2O2S/c1-10-7-8-13(9-14(10)16)20(18,19)17-15-11(2)5-4-6-12(15)3/h4-9,17H,16H2,1-3H3. The van der Waals surface area contributed by atoms with E-state index < -0.39 is 10.0 Å². The zero-order chi connectivity index (χ0) is 14.9. The first-order chi connectivity index (χ1) is 9.31. The summed E-state index contributed by atoms with van der Waals surface area (Å²) in [6, 6.07) is 10.4. The molecule has 0 amide bonds. The number of aryl methyl sites for hydroxylation is 3. The van der Waals surface area contributed by atoms with Crippen molar-refractivity contribution in [1.82, 2.24) is 0 Å². The van der Waals surface area contributed by atoms with Crippen LogP contribution < -0.4 is 10.5 Å². The molecule has 2 rings (SSSR count). The largest absolute Gasteiger partial charge is 0.398 e. The Morgan fingerprint density at radius 2 is 1.55 bits per heavy atom. The Balaban J connectivity index is 2.43. The van der Waals surface area contributed by atoms with Gasteiger partial charge in [-0.3, -0.25) is 4.72 Å². The summed E-state index contributed by atoms with van der Waals surface area (Å²) in [7, 11) is -3.63. The minimum atomic E-state index is -3.63. The molecule has 0 aliphatic heterocycles. The van der Waals surface area contributed by atoms with E-state index in [0.717, 1.165) is 16.7 Å². The molecule has 5 heteroatoms. The predicted molar refractivity (Wildman–Crippen MR) is 82.3 cm³/mol. The average molecular weight is 290 g/mol. The lowest BCUT2D eigenvalue weighted by molar-refractivity contribution is 0.601. The van der Waals surface area contributed by atoms with Crippen LogP contribution in [-0.4, -0.2) is 8.42 Å². The highest BCUT2D eigenvalue weighted by atomic mass is 32.2. The fourth-order valence-corrected chi connectivity index (χ4v) is 3.19. The van der Waals surface area contributed by atoms with Crippen molar-refractivity contribution >= 4 is 21.4 Å². The van der Waals surface area contributed by atoms with Crippen LogP contribution >= 0.6 is 0 Å². The van der Waals surface area contributed by atoms with Crippen LogP contribution in [0.15, 0.2) is 41.3 Å². The number of benzene rings is 2. The molecular formula is C15H18N2O2S. The van der Waals surface area contributed by atoms with E-state index in [4.69, 9.17) is 5.73 Å². The Morgan fingerprint density at radius 3 is 2.10 bits per heavy atom. The van der Waals surface area contributed by atoms with Crippen molar-refractivity contribution in [2.24, 2.45) is 0 Å². The SMILES string of the molecule is Cc1ccc(S(=O)(=O)Nc2c(C)cccc2C)cc1N. The molecule has 0 heterocycles. The summed E-state index contributed by atoms with van der Waals surface area (Å²) >= 11 is 0. The second-order valence-corrected chi connectivity index (χ2v) is 6.57. The fraction of sp³-hybridized carbons (Fsp3) is 0.200. The number of hydrogen-bond acceptors (Lipinski definition) is 3. The molecule has 4 nitrogen and oxygen atoms in total.